The molecule has 2 rings (SSSR count). The second-order valence-corrected chi connectivity index (χ2v) is 5.30. The molecule has 1 aliphatic rings. The number of hydrogen-bond donors (Lipinski definition) is 1. The lowest BCUT2D eigenvalue weighted by Crippen LogP contribution is -2.48. The Labute approximate surface area is 116 Å². The van der Waals surface area contributed by atoms with E-state index in [1.807, 2.05) is 0 Å². The summed E-state index contributed by atoms with van der Waals surface area (Å²) < 4.78 is 37.3. The van der Waals surface area contributed by atoms with E-state index in [9.17, 15) is 22.8 Å². The van der Waals surface area contributed by atoms with Gasteiger partial charge in [-0.2, -0.15) is 13.2 Å². The summed E-state index contributed by atoms with van der Waals surface area (Å²) in [5.41, 5.74) is 0.708. The summed E-state index contributed by atoms with van der Waals surface area (Å²) >= 11 is 1.18. The Balaban J connectivity index is 2.07. The molecule has 1 aliphatic heterocycles. The number of thiazole rings is 1. The van der Waals surface area contributed by atoms with Crippen molar-refractivity contribution in [3.8, 4) is 0 Å². The van der Waals surface area contributed by atoms with Gasteiger partial charge in [-0.25, -0.2) is 4.98 Å². The predicted octanol–water partition coefficient (Wildman–Crippen LogP) is 1.94. The van der Waals surface area contributed by atoms with Crippen LogP contribution in [0.3, 0.4) is 0 Å². The fraction of sp³-hybridized carbons (Fsp3) is 0.545. The predicted molar refractivity (Wildman–Crippen MR) is 66.3 cm³/mol. The number of rotatable bonds is 2. The molecule has 0 aromatic carbocycles. The first-order valence-electron chi connectivity index (χ1n) is 5.90. The van der Waals surface area contributed by atoms with Crippen molar-refractivity contribution in [2.24, 2.45) is 0 Å². The number of nitrogens with zero attached hydrogens (tertiary/aromatic N) is 2. The van der Waals surface area contributed by atoms with Crippen LogP contribution in [0.2, 0.25) is 0 Å². The summed E-state index contributed by atoms with van der Waals surface area (Å²) in [4.78, 5) is 27.8. The first-order valence-corrected chi connectivity index (χ1v) is 6.78. The highest BCUT2D eigenvalue weighted by Gasteiger charge is 2.47. The van der Waals surface area contributed by atoms with Gasteiger partial charge in [0.25, 0.3) is 0 Å². The van der Waals surface area contributed by atoms with Gasteiger partial charge in [-0.3, -0.25) is 9.59 Å². The van der Waals surface area contributed by atoms with Gasteiger partial charge in [-0.05, 0) is 19.8 Å². The normalized spacial score (nSPS) is 19.2. The highest BCUT2D eigenvalue weighted by molar-refractivity contribution is 7.13. The van der Waals surface area contributed by atoms with Crippen molar-refractivity contribution >= 4 is 28.3 Å². The van der Waals surface area contributed by atoms with E-state index < -0.39 is 24.0 Å². The number of aryl methyl sites for hydroxylation is 1. The monoisotopic (exact) mass is 307 g/mol. The first kappa shape index (κ1) is 14.8. The van der Waals surface area contributed by atoms with Crippen LogP contribution < -0.4 is 5.32 Å². The zero-order valence-electron chi connectivity index (χ0n) is 10.5. The third kappa shape index (κ3) is 3.09. The Morgan fingerprint density at radius 1 is 1.50 bits per heavy atom. The third-order valence-electron chi connectivity index (χ3n) is 2.91. The quantitative estimate of drug-likeness (QED) is 0.908. The largest absolute Gasteiger partial charge is 0.471 e. The molecule has 5 nitrogen and oxygen atoms in total. The molecule has 1 fully saturated rings. The standard InChI is InChI=1S/C11H12F3N3O2S/c1-6-5-20-10(15-6)16-8(18)7-3-2-4-17(7)9(19)11(12,13)14/h5,7H,2-4H2,1H3,(H,15,16,18). The number of carbonyl (C=O) groups is 2. The average Bonchev–Trinajstić information content (AvgIpc) is 2.95. The Bertz CT molecular complexity index is 529. The van der Waals surface area contributed by atoms with E-state index in [0.29, 0.717) is 22.1 Å². The molecule has 1 unspecified atom stereocenters. The van der Waals surface area contributed by atoms with Gasteiger partial charge in [-0.1, -0.05) is 0 Å². The number of alkyl halides is 3. The van der Waals surface area contributed by atoms with Crippen molar-refractivity contribution < 1.29 is 22.8 Å². The summed E-state index contributed by atoms with van der Waals surface area (Å²) in [5.74, 6) is -2.60. The fourth-order valence-electron chi connectivity index (χ4n) is 2.05. The van der Waals surface area contributed by atoms with Crippen LogP contribution in [0, 0.1) is 6.92 Å². The Hall–Kier alpha value is -1.64. The molecular formula is C11H12F3N3O2S. The maximum absolute atomic E-state index is 12.4. The molecule has 0 bridgehead atoms. The number of carbonyl (C=O) groups excluding carboxylic acids is 2. The SMILES string of the molecule is Cc1csc(NC(=O)C2CCCN2C(=O)C(F)(F)F)n1. The van der Waals surface area contributed by atoms with Gasteiger partial charge >= 0.3 is 12.1 Å². The van der Waals surface area contributed by atoms with Gasteiger partial charge in [0, 0.05) is 11.9 Å². The lowest BCUT2D eigenvalue weighted by Gasteiger charge is -2.24. The molecule has 1 saturated heterocycles. The van der Waals surface area contributed by atoms with E-state index in [0.717, 1.165) is 0 Å². The number of nitrogens with one attached hydrogen (secondary N) is 1. The highest BCUT2D eigenvalue weighted by atomic mass is 32.1. The van der Waals surface area contributed by atoms with Crippen LogP contribution in [0.4, 0.5) is 18.3 Å². The van der Waals surface area contributed by atoms with Crippen molar-refractivity contribution in [3.63, 3.8) is 0 Å². The maximum atomic E-state index is 12.4. The van der Waals surface area contributed by atoms with Gasteiger partial charge in [0.05, 0.1) is 5.69 Å². The van der Waals surface area contributed by atoms with Crippen LogP contribution in [-0.4, -0.2) is 40.5 Å². The molecule has 2 heterocycles. The van der Waals surface area contributed by atoms with Gasteiger partial charge in [0.15, 0.2) is 5.13 Å². The molecule has 1 atom stereocenters. The smallest absolute Gasteiger partial charge is 0.323 e. The van der Waals surface area contributed by atoms with E-state index in [1.165, 1.54) is 11.3 Å². The first-order chi connectivity index (χ1) is 9.29. The average molecular weight is 307 g/mol. The summed E-state index contributed by atoms with van der Waals surface area (Å²) in [6.45, 7) is 1.68. The molecule has 0 aliphatic carbocycles. The van der Waals surface area contributed by atoms with E-state index in [-0.39, 0.29) is 13.0 Å². The molecule has 1 aromatic heterocycles. The van der Waals surface area contributed by atoms with Gasteiger partial charge in [-0.15, -0.1) is 11.3 Å². The molecule has 0 spiro atoms. The fourth-order valence-corrected chi connectivity index (χ4v) is 2.74. The second-order valence-electron chi connectivity index (χ2n) is 4.44. The van der Waals surface area contributed by atoms with E-state index >= 15 is 0 Å². The van der Waals surface area contributed by atoms with Crippen molar-refractivity contribution in [1.29, 1.82) is 0 Å². The highest BCUT2D eigenvalue weighted by Crippen LogP contribution is 2.26. The van der Waals surface area contributed by atoms with Crippen LogP contribution in [-0.2, 0) is 9.59 Å². The number of halogens is 3. The van der Waals surface area contributed by atoms with Crippen molar-refractivity contribution in [2.45, 2.75) is 32.0 Å². The minimum atomic E-state index is -4.96. The zero-order chi connectivity index (χ0) is 14.9. The molecule has 0 saturated carbocycles. The lowest BCUT2D eigenvalue weighted by atomic mass is 10.2. The summed E-state index contributed by atoms with van der Waals surface area (Å²) in [6, 6.07) is -1.09. The molecule has 20 heavy (non-hydrogen) atoms. The minimum Gasteiger partial charge on any atom is -0.323 e. The van der Waals surface area contributed by atoms with Crippen LogP contribution in [0.1, 0.15) is 18.5 Å². The number of likely N-dealkylation sites (tertiary alicyclic amines) is 1. The summed E-state index contributed by atoms with van der Waals surface area (Å²) in [7, 11) is 0. The van der Waals surface area contributed by atoms with Gasteiger partial charge in [0.1, 0.15) is 6.04 Å². The minimum absolute atomic E-state index is 0.0622. The van der Waals surface area contributed by atoms with E-state index in [4.69, 9.17) is 0 Å². The lowest BCUT2D eigenvalue weighted by molar-refractivity contribution is -0.186. The van der Waals surface area contributed by atoms with E-state index in [1.54, 1.807) is 12.3 Å². The molecule has 110 valence electrons. The van der Waals surface area contributed by atoms with Gasteiger partial charge < -0.3 is 10.2 Å². The summed E-state index contributed by atoms with van der Waals surface area (Å²) in [5, 5.41) is 4.48. The van der Waals surface area contributed by atoms with Crippen molar-refractivity contribution in [1.82, 2.24) is 9.88 Å². The molecule has 1 aromatic rings. The van der Waals surface area contributed by atoms with Crippen molar-refractivity contribution in [2.75, 3.05) is 11.9 Å². The Morgan fingerprint density at radius 3 is 2.75 bits per heavy atom. The Kier molecular flexibility index (Phi) is 3.98. The maximum Gasteiger partial charge on any atom is 0.471 e. The third-order valence-corrected chi connectivity index (χ3v) is 3.78. The number of hydrogen-bond acceptors (Lipinski definition) is 4. The molecular weight excluding hydrogens is 295 g/mol. The molecule has 2 amide bonds. The van der Waals surface area contributed by atoms with E-state index in [2.05, 4.69) is 10.3 Å². The van der Waals surface area contributed by atoms with Crippen LogP contribution in [0.15, 0.2) is 5.38 Å². The molecule has 0 radical (unpaired) electrons. The van der Waals surface area contributed by atoms with Crippen LogP contribution >= 0.6 is 11.3 Å². The van der Waals surface area contributed by atoms with Crippen LogP contribution in [0.25, 0.3) is 0 Å². The zero-order valence-corrected chi connectivity index (χ0v) is 11.3. The Morgan fingerprint density at radius 2 is 2.20 bits per heavy atom. The van der Waals surface area contributed by atoms with Gasteiger partial charge in [0.2, 0.25) is 5.91 Å². The number of anilines is 1. The van der Waals surface area contributed by atoms with Crippen LogP contribution in [0.5, 0.6) is 0 Å². The topological polar surface area (TPSA) is 62.3 Å². The van der Waals surface area contributed by atoms with Crippen molar-refractivity contribution in [3.05, 3.63) is 11.1 Å². The number of amides is 2. The number of aromatic nitrogens is 1. The molecule has 1 N–H and O–H groups in total. The summed E-state index contributed by atoms with van der Waals surface area (Å²) in [6.07, 6.45) is -4.37. The molecule has 9 heteroatoms. The second kappa shape index (κ2) is 5.39.